The lowest BCUT2D eigenvalue weighted by molar-refractivity contribution is 0.112. The molecule has 1 saturated heterocycles. The maximum atomic E-state index is 11.3. The molecule has 2 atom stereocenters. The number of thiazole rings is 1. The number of aldehydes is 1. The summed E-state index contributed by atoms with van der Waals surface area (Å²) < 4.78 is 0. The highest BCUT2D eigenvalue weighted by Gasteiger charge is 2.29. The van der Waals surface area contributed by atoms with E-state index in [-0.39, 0.29) is 5.41 Å². The first-order valence-corrected chi connectivity index (χ1v) is 7.87. The van der Waals surface area contributed by atoms with Crippen molar-refractivity contribution in [2.45, 2.75) is 58.9 Å². The second kappa shape index (κ2) is 5.23. The first-order chi connectivity index (χ1) is 8.82. The Balaban J connectivity index is 2.35. The Morgan fingerprint density at radius 2 is 2.00 bits per heavy atom. The highest BCUT2D eigenvalue weighted by atomic mass is 32.1. The van der Waals surface area contributed by atoms with Crippen LogP contribution in [0.2, 0.25) is 0 Å². The van der Waals surface area contributed by atoms with Crippen molar-refractivity contribution in [1.29, 1.82) is 0 Å². The highest BCUT2D eigenvalue weighted by molar-refractivity contribution is 7.17. The maximum Gasteiger partial charge on any atom is 0.186 e. The Bertz CT molecular complexity index is 461. The van der Waals surface area contributed by atoms with Gasteiger partial charge < -0.3 is 4.90 Å². The summed E-state index contributed by atoms with van der Waals surface area (Å²) in [5.74, 6) is 0.706. The summed E-state index contributed by atoms with van der Waals surface area (Å²) in [6, 6.07) is 0.523. The summed E-state index contributed by atoms with van der Waals surface area (Å²) in [6.45, 7) is 11.9. The van der Waals surface area contributed by atoms with E-state index >= 15 is 0 Å². The molecule has 2 heterocycles. The van der Waals surface area contributed by atoms with Crippen molar-refractivity contribution in [3.8, 4) is 0 Å². The smallest absolute Gasteiger partial charge is 0.186 e. The Morgan fingerprint density at radius 3 is 2.53 bits per heavy atom. The van der Waals surface area contributed by atoms with Gasteiger partial charge in [-0.1, -0.05) is 39.0 Å². The van der Waals surface area contributed by atoms with Crippen LogP contribution >= 0.6 is 11.3 Å². The zero-order valence-electron chi connectivity index (χ0n) is 12.6. The molecule has 0 aliphatic carbocycles. The monoisotopic (exact) mass is 280 g/mol. The zero-order chi connectivity index (χ0) is 14.2. The number of aromatic nitrogens is 1. The lowest BCUT2D eigenvalue weighted by atomic mass is 9.91. The number of rotatable bonds is 2. The third-order valence-electron chi connectivity index (χ3n) is 3.82. The SMILES string of the molecule is CC1CCC(C)N(c2nc(C(C)(C)C)c(C=O)s2)C1. The average Bonchev–Trinajstić information content (AvgIpc) is 2.76. The predicted octanol–water partition coefficient (Wildman–Crippen LogP) is 3.88. The summed E-state index contributed by atoms with van der Waals surface area (Å²) in [6.07, 6.45) is 3.46. The van der Waals surface area contributed by atoms with E-state index in [1.54, 1.807) is 11.3 Å². The third kappa shape index (κ3) is 2.99. The van der Waals surface area contributed by atoms with E-state index in [9.17, 15) is 4.79 Å². The van der Waals surface area contributed by atoms with Gasteiger partial charge in [0.1, 0.15) is 0 Å². The second-order valence-electron chi connectivity index (χ2n) is 6.76. The van der Waals surface area contributed by atoms with Crippen molar-refractivity contribution in [2.75, 3.05) is 11.4 Å². The normalized spacial score (nSPS) is 24.6. The molecule has 0 spiro atoms. The van der Waals surface area contributed by atoms with Crippen LogP contribution in [0.25, 0.3) is 0 Å². The molecule has 0 bridgehead atoms. The van der Waals surface area contributed by atoms with Crippen molar-refractivity contribution in [2.24, 2.45) is 5.92 Å². The molecule has 106 valence electrons. The van der Waals surface area contributed by atoms with Crippen molar-refractivity contribution in [3.63, 3.8) is 0 Å². The molecule has 1 aromatic heterocycles. The molecule has 2 rings (SSSR count). The van der Waals surface area contributed by atoms with Crippen LogP contribution in [0.1, 0.15) is 62.8 Å². The van der Waals surface area contributed by atoms with E-state index in [1.165, 1.54) is 12.8 Å². The summed E-state index contributed by atoms with van der Waals surface area (Å²) in [7, 11) is 0. The van der Waals surface area contributed by atoms with Gasteiger partial charge in [-0.3, -0.25) is 4.79 Å². The Hall–Kier alpha value is -0.900. The highest BCUT2D eigenvalue weighted by Crippen LogP contribution is 2.36. The minimum atomic E-state index is -0.0738. The van der Waals surface area contributed by atoms with Crippen LogP contribution in [0.5, 0.6) is 0 Å². The summed E-state index contributed by atoms with van der Waals surface area (Å²) >= 11 is 1.55. The topological polar surface area (TPSA) is 33.2 Å². The summed E-state index contributed by atoms with van der Waals surface area (Å²) in [4.78, 5) is 19.2. The van der Waals surface area contributed by atoms with Crippen molar-refractivity contribution < 1.29 is 4.79 Å². The third-order valence-corrected chi connectivity index (χ3v) is 4.84. The molecule has 4 heteroatoms. The molecule has 1 aliphatic heterocycles. The molecule has 0 aromatic carbocycles. The van der Waals surface area contributed by atoms with Gasteiger partial charge in [0, 0.05) is 18.0 Å². The van der Waals surface area contributed by atoms with E-state index in [2.05, 4.69) is 39.5 Å². The van der Waals surface area contributed by atoms with Crippen LogP contribution in [-0.2, 0) is 5.41 Å². The Kier molecular flexibility index (Phi) is 4.00. The minimum Gasteiger partial charge on any atom is -0.345 e. The Labute approximate surface area is 120 Å². The van der Waals surface area contributed by atoms with Gasteiger partial charge in [0.2, 0.25) is 0 Å². The first-order valence-electron chi connectivity index (χ1n) is 7.06. The van der Waals surface area contributed by atoms with E-state index in [1.807, 2.05) is 0 Å². The van der Waals surface area contributed by atoms with Gasteiger partial charge in [-0.25, -0.2) is 4.98 Å². The van der Waals surface area contributed by atoms with Gasteiger partial charge in [0.05, 0.1) is 10.6 Å². The number of carbonyl (C=O) groups excluding carboxylic acids is 1. The van der Waals surface area contributed by atoms with Crippen LogP contribution in [0.4, 0.5) is 5.13 Å². The van der Waals surface area contributed by atoms with Crippen LogP contribution in [0, 0.1) is 5.92 Å². The Morgan fingerprint density at radius 1 is 1.32 bits per heavy atom. The molecule has 1 aliphatic rings. The van der Waals surface area contributed by atoms with Crippen LogP contribution in [0.3, 0.4) is 0 Å². The fourth-order valence-corrected chi connectivity index (χ4v) is 3.82. The number of hydrogen-bond acceptors (Lipinski definition) is 4. The molecule has 0 radical (unpaired) electrons. The molecular weight excluding hydrogens is 256 g/mol. The predicted molar refractivity (Wildman–Crippen MR) is 81.4 cm³/mol. The summed E-state index contributed by atoms with van der Waals surface area (Å²) in [5.41, 5.74) is 0.864. The molecular formula is C15H24N2OS. The van der Waals surface area contributed by atoms with Gasteiger partial charge in [0.15, 0.2) is 11.4 Å². The van der Waals surface area contributed by atoms with Crippen LogP contribution < -0.4 is 4.90 Å². The van der Waals surface area contributed by atoms with Gasteiger partial charge in [-0.05, 0) is 25.7 Å². The number of piperidine rings is 1. The fourth-order valence-electron chi connectivity index (χ4n) is 2.62. The quantitative estimate of drug-likeness (QED) is 0.771. The number of nitrogens with zero attached hydrogens (tertiary/aromatic N) is 2. The minimum absolute atomic E-state index is 0.0738. The molecule has 2 unspecified atom stereocenters. The van der Waals surface area contributed by atoms with Gasteiger partial charge in [-0.2, -0.15) is 0 Å². The van der Waals surface area contributed by atoms with Crippen molar-refractivity contribution in [1.82, 2.24) is 4.98 Å². The molecule has 0 amide bonds. The summed E-state index contributed by atoms with van der Waals surface area (Å²) in [5, 5.41) is 1.02. The average molecular weight is 280 g/mol. The maximum absolute atomic E-state index is 11.3. The van der Waals surface area contributed by atoms with Gasteiger partial charge >= 0.3 is 0 Å². The lowest BCUT2D eigenvalue weighted by Crippen LogP contribution is -2.41. The van der Waals surface area contributed by atoms with Crippen LogP contribution in [-0.4, -0.2) is 23.9 Å². The fraction of sp³-hybridized carbons (Fsp3) is 0.733. The second-order valence-corrected chi connectivity index (χ2v) is 7.77. The van der Waals surface area contributed by atoms with E-state index < -0.39 is 0 Å². The van der Waals surface area contributed by atoms with Crippen molar-refractivity contribution >= 4 is 22.8 Å². The molecule has 1 aromatic rings. The molecule has 0 N–H and O–H groups in total. The lowest BCUT2D eigenvalue weighted by Gasteiger charge is -2.36. The van der Waals surface area contributed by atoms with E-state index in [0.29, 0.717) is 12.0 Å². The standard InChI is InChI=1S/C15H24N2OS/c1-10-6-7-11(2)17(8-10)14-16-13(15(3,4)5)12(9-18)19-14/h9-11H,6-8H2,1-5H3. The largest absolute Gasteiger partial charge is 0.345 e. The van der Waals surface area contributed by atoms with E-state index in [4.69, 9.17) is 4.98 Å². The number of anilines is 1. The first kappa shape index (κ1) is 14.5. The molecule has 1 fully saturated rings. The van der Waals surface area contributed by atoms with Gasteiger partial charge in [0.25, 0.3) is 0 Å². The molecule has 3 nitrogen and oxygen atoms in total. The van der Waals surface area contributed by atoms with Crippen molar-refractivity contribution in [3.05, 3.63) is 10.6 Å². The van der Waals surface area contributed by atoms with E-state index in [0.717, 1.165) is 28.5 Å². The number of hydrogen-bond donors (Lipinski definition) is 0. The zero-order valence-corrected chi connectivity index (χ0v) is 13.4. The number of carbonyl (C=O) groups is 1. The molecule has 19 heavy (non-hydrogen) atoms. The molecule has 0 saturated carbocycles. The van der Waals surface area contributed by atoms with Crippen LogP contribution in [0.15, 0.2) is 0 Å². The van der Waals surface area contributed by atoms with Gasteiger partial charge in [-0.15, -0.1) is 0 Å².